The van der Waals surface area contributed by atoms with Crippen LogP contribution in [-0.2, 0) is 0 Å². The zero-order valence-corrected chi connectivity index (χ0v) is 30.5. The predicted octanol–water partition coefficient (Wildman–Crippen LogP) is 9.78. The highest BCUT2D eigenvalue weighted by Gasteiger charge is 2.19. The fourth-order valence-electron chi connectivity index (χ4n) is 5.36. The largest absolute Gasteiger partial charge is 0.394 e. The molecule has 0 aliphatic heterocycles. The van der Waals surface area contributed by atoms with E-state index in [1.54, 1.807) is 18.5 Å². The molecule has 3 rings (SSSR count). The van der Waals surface area contributed by atoms with E-state index in [1.165, 1.54) is 51.4 Å². The van der Waals surface area contributed by atoms with Crippen LogP contribution in [0.25, 0.3) is 11.2 Å². The molecule has 2 aromatic heterocycles. The van der Waals surface area contributed by atoms with Crippen LogP contribution in [0.3, 0.4) is 0 Å². The van der Waals surface area contributed by atoms with E-state index in [-0.39, 0.29) is 30.5 Å². The van der Waals surface area contributed by atoms with Crippen molar-refractivity contribution in [1.29, 1.82) is 0 Å². The molecular formula is C38H58ClN7O2. The van der Waals surface area contributed by atoms with Gasteiger partial charge >= 0.3 is 0 Å². The number of carbonyl (C=O) groups is 1. The minimum atomic E-state index is -0.201. The molecular weight excluding hydrogens is 622 g/mol. The van der Waals surface area contributed by atoms with Crippen LogP contribution in [0.2, 0.25) is 5.02 Å². The first kappa shape index (κ1) is 39.0. The first-order valence-corrected chi connectivity index (χ1v) is 18.4. The van der Waals surface area contributed by atoms with Gasteiger partial charge in [-0.2, -0.15) is 9.97 Å². The topological polar surface area (TPSA) is 117 Å². The van der Waals surface area contributed by atoms with Crippen LogP contribution in [0, 0.1) is 5.92 Å². The number of nitrogens with zero attached hydrogens (tertiary/aromatic N) is 4. The molecule has 3 aromatic rings. The monoisotopic (exact) mass is 679 g/mol. The number of aliphatic hydroxyl groups excluding tert-OH is 1. The Balaban J connectivity index is 1.43. The number of hydrogen-bond donors (Lipinski definition) is 4. The smallest absolute Gasteiger partial charge is 0.252 e. The summed E-state index contributed by atoms with van der Waals surface area (Å²) < 4.78 is 1.98. The summed E-state index contributed by atoms with van der Waals surface area (Å²) in [6, 6.07) is 5.21. The third-order valence-corrected chi connectivity index (χ3v) is 8.75. The van der Waals surface area contributed by atoms with Crippen molar-refractivity contribution < 1.29 is 9.90 Å². The lowest BCUT2D eigenvalue weighted by atomic mass is 10.1. The lowest BCUT2D eigenvalue weighted by molar-refractivity contribution is 0.0953. The lowest BCUT2D eigenvalue weighted by Crippen LogP contribution is -2.30. The molecule has 0 unspecified atom stereocenters. The Morgan fingerprint density at radius 3 is 2.27 bits per heavy atom. The number of anilines is 3. The Labute approximate surface area is 293 Å². The van der Waals surface area contributed by atoms with Crippen LogP contribution >= 0.6 is 11.6 Å². The maximum absolute atomic E-state index is 12.9. The Morgan fingerprint density at radius 1 is 0.938 bits per heavy atom. The molecule has 1 atom stereocenters. The fraction of sp³-hybridized carbons (Fsp3) is 0.579. The van der Waals surface area contributed by atoms with Crippen molar-refractivity contribution in [2.45, 2.75) is 124 Å². The third kappa shape index (κ3) is 12.9. The van der Waals surface area contributed by atoms with Crippen molar-refractivity contribution in [3.8, 4) is 0 Å². The van der Waals surface area contributed by atoms with Crippen molar-refractivity contribution in [1.82, 2.24) is 24.8 Å². The van der Waals surface area contributed by atoms with Crippen LogP contribution in [0.5, 0.6) is 0 Å². The first-order valence-electron chi connectivity index (χ1n) is 18.0. The van der Waals surface area contributed by atoms with Crippen LogP contribution in [0.15, 0.2) is 48.8 Å². The number of benzene rings is 1. The SMILES string of the molecule is CCCCC/C=C\C/C=C\CCCCCCCCNC(=O)c1ccc(Nc2nc(N[C@@H](CO)C(C)C)nc3c2ncn3C(C)C)cc1Cl. The first-order chi connectivity index (χ1) is 23.2. The average molecular weight is 680 g/mol. The van der Waals surface area contributed by atoms with E-state index in [1.807, 2.05) is 24.5 Å². The summed E-state index contributed by atoms with van der Waals surface area (Å²) in [6.07, 6.45) is 25.2. The molecule has 10 heteroatoms. The second kappa shape index (κ2) is 21.5. The standard InChI is InChI=1S/C38H58ClN7O2/c1-6-7-8-9-10-11-12-13-14-15-16-17-18-19-20-21-24-40-37(48)31-23-22-30(25-32(31)39)42-35-34-36(46(27-41-34)29(4)5)45-38(44-35)43-33(26-47)28(2)3/h10-11,13-14,22-23,25,27-29,33,47H,6-9,12,15-21,24,26H2,1-5H3,(H,40,48)(H2,42,43,44,45)/b11-10-,14-13-/t33-/m0/s1. The molecule has 2 heterocycles. The number of hydrogen-bond acceptors (Lipinski definition) is 7. The second-order valence-corrected chi connectivity index (χ2v) is 13.6. The summed E-state index contributed by atoms with van der Waals surface area (Å²) in [7, 11) is 0. The van der Waals surface area contributed by atoms with Gasteiger partial charge in [0.2, 0.25) is 5.95 Å². The minimum absolute atomic E-state index is 0.0413. The summed E-state index contributed by atoms with van der Waals surface area (Å²) in [5.41, 5.74) is 2.40. The molecule has 1 aromatic carbocycles. The fourth-order valence-corrected chi connectivity index (χ4v) is 5.63. The van der Waals surface area contributed by atoms with E-state index in [9.17, 15) is 9.90 Å². The summed E-state index contributed by atoms with van der Waals surface area (Å²) in [6.45, 7) is 11.0. The van der Waals surface area contributed by atoms with Gasteiger partial charge in [0, 0.05) is 18.3 Å². The molecule has 0 aliphatic carbocycles. The normalized spacial score (nSPS) is 12.6. The third-order valence-electron chi connectivity index (χ3n) is 8.43. The summed E-state index contributed by atoms with van der Waals surface area (Å²) in [5.74, 6) is 0.905. The molecule has 48 heavy (non-hydrogen) atoms. The zero-order valence-electron chi connectivity index (χ0n) is 29.8. The number of allylic oxidation sites excluding steroid dienone is 4. The molecule has 0 saturated heterocycles. The van der Waals surface area contributed by atoms with Gasteiger partial charge in [-0.25, -0.2) is 4.98 Å². The van der Waals surface area contributed by atoms with Gasteiger partial charge in [-0.1, -0.05) is 95.2 Å². The van der Waals surface area contributed by atoms with Crippen molar-refractivity contribution in [2.75, 3.05) is 23.8 Å². The van der Waals surface area contributed by atoms with Gasteiger partial charge in [-0.15, -0.1) is 0 Å². The van der Waals surface area contributed by atoms with Crippen LogP contribution in [-0.4, -0.2) is 49.7 Å². The Kier molecular flexibility index (Phi) is 17.5. The number of halogens is 1. The van der Waals surface area contributed by atoms with E-state index in [0.717, 1.165) is 25.7 Å². The Bertz CT molecular complexity index is 1450. The average Bonchev–Trinajstić information content (AvgIpc) is 3.49. The molecule has 264 valence electrons. The van der Waals surface area contributed by atoms with Gasteiger partial charge in [0.05, 0.1) is 29.6 Å². The predicted molar refractivity (Wildman–Crippen MR) is 201 cm³/mol. The van der Waals surface area contributed by atoms with Crippen molar-refractivity contribution in [3.05, 3.63) is 59.4 Å². The van der Waals surface area contributed by atoms with Crippen molar-refractivity contribution in [3.63, 3.8) is 0 Å². The summed E-state index contributed by atoms with van der Waals surface area (Å²) in [4.78, 5) is 26.8. The summed E-state index contributed by atoms with van der Waals surface area (Å²) in [5, 5.41) is 19.8. The summed E-state index contributed by atoms with van der Waals surface area (Å²) >= 11 is 6.59. The number of unbranched alkanes of at least 4 members (excludes halogenated alkanes) is 9. The molecule has 4 N–H and O–H groups in total. The minimum Gasteiger partial charge on any atom is -0.394 e. The lowest BCUT2D eigenvalue weighted by Gasteiger charge is -2.20. The van der Waals surface area contributed by atoms with E-state index >= 15 is 0 Å². The number of aliphatic hydroxyl groups is 1. The number of fused-ring (bicyclic) bond motifs is 1. The van der Waals surface area contributed by atoms with Gasteiger partial charge in [0.1, 0.15) is 0 Å². The zero-order chi connectivity index (χ0) is 34.7. The number of carbonyl (C=O) groups excluding carboxylic acids is 1. The number of rotatable bonds is 23. The van der Waals surface area contributed by atoms with Crippen molar-refractivity contribution in [2.24, 2.45) is 5.92 Å². The quantitative estimate of drug-likeness (QED) is 0.0582. The Hall–Kier alpha value is -3.43. The van der Waals surface area contributed by atoms with E-state index in [0.29, 0.717) is 45.7 Å². The van der Waals surface area contributed by atoms with Gasteiger partial charge in [-0.3, -0.25) is 4.79 Å². The molecule has 9 nitrogen and oxygen atoms in total. The molecule has 1 amide bonds. The van der Waals surface area contributed by atoms with E-state index in [2.05, 4.69) is 71.0 Å². The highest BCUT2D eigenvalue weighted by molar-refractivity contribution is 6.34. The van der Waals surface area contributed by atoms with Crippen LogP contribution < -0.4 is 16.0 Å². The second-order valence-electron chi connectivity index (χ2n) is 13.2. The molecule has 0 fully saturated rings. The van der Waals surface area contributed by atoms with Crippen molar-refractivity contribution >= 4 is 46.1 Å². The van der Waals surface area contributed by atoms with Gasteiger partial charge in [0.25, 0.3) is 5.91 Å². The number of aromatic nitrogens is 4. The number of amides is 1. The number of nitrogens with one attached hydrogen (secondary N) is 3. The van der Waals surface area contributed by atoms with Gasteiger partial charge in [0.15, 0.2) is 17.0 Å². The molecule has 0 spiro atoms. The van der Waals surface area contributed by atoms with Crippen LogP contribution in [0.1, 0.15) is 128 Å². The van der Waals surface area contributed by atoms with Gasteiger partial charge < -0.3 is 25.6 Å². The van der Waals surface area contributed by atoms with Crippen LogP contribution in [0.4, 0.5) is 17.5 Å². The molecule has 0 aliphatic rings. The van der Waals surface area contributed by atoms with E-state index in [4.69, 9.17) is 16.6 Å². The highest BCUT2D eigenvalue weighted by Crippen LogP contribution is 2.29. The van der Waals surface area contributed by atoms with E-state index < -0.39 is 0 Å². The van der Waals surface area contributed by atoms with Gasteiger partial charge in [-0.05, 0) is 76.5 Å². The molecule has 0 bridgehead atoms. The Morgan fingerprint density at radius 2 is 1.62 bits per heavy atom. The number of imidazole rings is 1. The molecule has 0 saturated carbocycles. The molecule has 0 radical (unpaired) electrons. The maximum atomic E-state index is 12.9. The highest BCUT2D eigenvalue weighted by atomic mass is 35.5. The maximum Gasteiger partial charge on any atom is 0.252 e.